The van der Waals surface area contributed by atoms with E-state index in [-0.39, 0.29) is 0 Å². The van der Waals surface area contributed by atoms with Crippen molar-refractivity contribution in [2.24, 2.45) is 0 Å². The van der Waals surface area contributed by atoms with Gasteiger partial charge in [-0.3, -0.25) is 9.97 Å². The van der Waals surface area contributed by atoms with Crippen LogP contribution >= 0.6 is 0 Å². The minimum absolute atomic E-state index is 0.418. The molecule has 3 rings (SSSR count). The van der Waals surface area contributed by atoms with E-state index >= 15 is 0 Å². The predicted octanol–water partition coefficient (Wildman–Crippen LogP) is 2.85. The van der Waals surface area contributed by atoms with Crippen molar-refractivity contribution in [2.75, 3.05) is 0 Å². The quantitative estimate of drug-likeness (QED) is 0.764. The van der Waals surface area contributed by atoms with E-state index < -0.39 is 11.9 Å². The lowest BCUT2D eigenvalue weighted by Crippen LogP contribution is -2.02. The Hall–Kier alpha value is -2.33. The normalized spacial score (nSPS) is 12.5. The molecule has 1 N–H and O–H groups in total. The molecule has 19 heavy (non-hydrogen) atoms. The zero-order valence-electron chi connectivity index (χ0n) is 9.99. The van der Waals surface area contributed by atoms with E-state index in [0.717, 1.165) is 17.1 Å². The number of hydrogen-bond donors (Lipinski definition) is 1. The molecule has 0 saturated heterocycles. The van der Waals surface area contributed by atoms with Gasteiger partial charge in [0.1, 0.15) is 11.9 Å². The summed E-state index contributed by atoms with van der Waals surface area (Å²) in [6.07, 6.45) is 1.95. The second kappa shape index (κ2) is 4.74. The molecule has 1 aromatic carbocycles. The predicted molar refractivity (Wildman–Crippen MR) is 70.0 cm³/mol. The number of aliphatic hydroxyl groups is 1. The van der Waals surface area contributed by atoms with Crippen molar-refractivity contribution in [1.29, 1.82) is 0 Å². The number of halogens is 1. The van der Waals surface area contributed by atoms with Crippen molar-refractivity contribution < 1.29 is 9.50 Å². The van der Waals surface area contributed by atoms with E-state index in [0.29, 0.717) is 11.3 Å². The van der Waals surface area contributed by atoms with Crippen LogP contribution in [-0.2, 0) is 0 Å². The van der Waals surface area contributed by atoms with Crippen LogP contribution in [-0.4, -0.2) is 15.1 Å². The maximum atomic E-state index is 12.8. The fraction of sp³-hybridized carbons (Fsp3) is 0.0667. The lowest BCUT2D eigenvalue weighted by Gasteiger charge is -2.11. The van der Waals surface area contributed by atoms with Crippen molar-refractivity contribution in [3.8, 4) is 0 Å². The second-order valence-electron chi connectivity index (χ2n) is 4.26. The fourth-order valence-electron chi connectivity index (χ4n) is 1.98. The van der Waals surface area contributed by atoms with Crippen molar-refractivity contribution >= 4 is 10.9 Å². The number of rotatable bonds is 2. The van der Waals surface area contributed by atoms with Crippen LogP contribution in [0, 0.1) is 5.82 Å². The molecule has 0 bridgehead atoms. The Kier molecular flexibility index (Phi) is 2.93. The summed E-state index contributed by atoms with van der Waals surface area (Å²) < 4.78 is 12.8. The minimum Gasteiger partial charge on any atom is -0.382 e. The summed E-state index contributed by atoms with van der Waals surface area (Å²) in [6.45, 7) is 0. The van der Waals surface area contributed by atoms with Crippen LogP contribution in [0.3, 0.4) is 0 Å². The molecule has 3 nitrogen and oxygen atoms in total. The first kappa shape index (κ1) is 11.7. The smallest absolute Gasteiger partial charge is 0.141 e. The van der Waals surface area contributed by atoms with Gasteiger partial charge in [0.25, 0.3) is 0 Å². The molecule has 0 saturated carbocycles. The molecule has 0 radical (unpaired) electrons. The molecule has 1 atom stereocenters. The Balaban J connectivity index is 2.01. The molecule has 0 spiro atoms. The first-order valence-corrected chi connectivity index (χ1v) is 5.88. The van der Waals surface area contributed by atoms with Gasteiger partial charge in [-0.25, -0.2) is 4.39 Å². The highest BCUT2D eigenvalue weighted by Gasteiger charge is 2.12. The third-order valence-corrected chi connectivity index (χ3v) is 2.97. The number of hydrogen-bond acceptors (Lipinski definition) is 3. The highest BCUT2D eigenvalue weighted by Crippen LogP contribution is 2.23. The van der Waals surface area contributed by atoms with Gasteiger partial charge in [0.05, 0.1) is 17.4 Å². The van der Waals surface area contributed by atoms with E-state index in [1.807, 2.05) is 24.3 Å². The summed E-state index contributed by atoms with van der Waals surface area (Å²) in [5.41, 5.74) is 2.00. The first-order chi connectivity index (χ1) is 9.24. The van der Waals surface area contributed by atoms with E-state index in [9.17, 15) is 9.50 Å². The number of aliphatic hydroxyl groups excluding tert-OH is 1. The number of pyridine rings is 2. The Labute approximate surface area is 109 Å². The lowest BCUT2D eigenvalue weighted by molar-refractivity contribution is 0.215. The SMILES string of the molecule is OC(c1ccc2ncccc2c1)c1ccc(F)cn1. The topological polar surface area (TPSA) is 46.0 Å². The highest BCUT2D eigenvalue weighted by atomic mass is 19.1. The van der Waals surface area contributed by atoms with Gasteiger partial charge in [-0.05, 0) is 35.9 Å². The van der Waals surface area contributed by atoms with Gasteiger partial charge in [-0.1, -0.05) is 12.1 Å². The van der Waals surface area contributed by atoms with Crippen LogP contribution in [0.25, 0.3) is 10.9 Å². The molecule has 0 aliphatic rings. The second-order valence-corrected chi connectivity index (χ2v) is 4.26. The van der Waals surface area contributed by atoms with Crippen molar-refractivity contribution in [2.45, 2.75) is 6.10 Å². The van der Waals surface area contributed by atoms with Gasteiger partial charge in [0.2, 0.25) is 0 Å². The summed E-state index contributed by atoms with van der Waals surface area (Å²) in [4.78, 5) is 8.11. The van der Waals surface area contributed by atoms with Gasteiger partial charge in [0.15, 0.2) is 0 Å². The monoisotopic (exact) mass is 254 g/mol. The molecule has 3 aromatic rings. The van der Waals surface area contributed by atoms with Crippen molar-refractivity contribution in [3.63, 3.8) is 0 Å². The summed E-state index contributed by atoms with van der Waals surface area (Å²) in [6, 6.07) is 12.0. The zero-order valence-corrected chi connectivity index (χ0v) is 9.99. The summed E-state index contributed by atoms with van der Waals surface area (Å²) in [7, 11) is 0. The Morgan fingerprint density at radius 3 is 2.74 bits per heavy atom. The third-order valence-electron chi connectivity index (χ3n) is 2.97. The average molecular weight is 254 g/mol. The van der Waals surface area contributed by atoms with Gasteiger partial charge in [-0.2, -0.15) is 0 Å². The molecule has 0 aliphatic heterocycles. The molecule has 0 amide bonds. The Morgan fingerprint density at radius 1 is 1.05 bits per heavy atom. The molecule has 1 unspecified atom stereocenters. The number of nitrogens with zero attached hydrogens (tertiary/aromatic N) is 2. The van der Waals surface area contributed by atoms with E-state index in [4.69, 9.17) is 0 Å². The molecular weight excluding hydrogens is 243 g/mol. The third kappa shape index (κ3) is 2.30. The Bertz CT molecular complexity index is 713. The largest absolute Gasteiger partial charge is 0.382 e. The summed E-state index contributed by atoms with van der Waals surface area (Å²) in [5, 5.41) is 11.2. The van der Waals surface area contributed by atoms with Crippen LogP contribution < -0.4 is 0 Å². The lowest BCUT2D eigenvalue weighted by atomic mass is 10.0. The summed E-state index contributed by atoms with van der Waals surface area (Å²) in [5.74, 6) is -0.418. The van der Waals surface area contributed by atoms with E-state index in [1.54, 1.807) is 12.3 Å². The van der Waals surface area contributed by atoms with Crippen molar-refractivity contribution in [1.82, 2.24) is 9.97 Å². The molecule has 0 aliphatic carbocycles. The van der Waals surface area contributed by atoms with Crippen LogP contribution in [0.2, 0.25) is 0 Å². The minimum atomic E-state index is -0.870. The molecule has 94 valence electrons. The van der Waals surface area contributed by atoms with E-state index in [1.165, 1.54) is 12.1 Å². The number of aromatic nitrogens is 2. The van der Waals surface area contributed by atoms with E-state index in [2.05, 4.69) is 9.97 Å². The molecular formula is C15H11FN2O. The molecule has 4 heteroatoms. The van der Waals surface area contributed by atoms with Crippen LogP contribution in [0.5, 0.6) is 0 Å². The number of benzene rings is 1. The summed E-state index contributed by atoms with van der Waals surface area (Å²) >= 11 is 0. The standard InChI is InChI=1S/C15H11FN2O/c16-12-4-6-14(18-9-12)15(19)11-3-5-13-10(8-11)2-1-7-17-13/h1-9,15,19H. The highest BCUT2D eigenvalue weighted by molar-refractivity contribution is 5.79. The molecule has 2 aromatic heterocycles. The van der Waals surface area contributed by atoms with Crippen molar-refractivity contribution in [3.05, 3.63) is 71.9 Å². The molecule has 2 heterocycles. The maximum absolute atomic E-state index is 12.8. The van der Waals surface area contributed by atoms with Gasteiger partial charge in [0, 0.05) is 11.6 Å². The van der Waals surface area contributed by atoms with Crippen LogP contribution in [0.15, 0.2) is 54.9 Å². The first-order valence-electron chi connectivity index (χ1n) is 5.88. The van der Waals surface area contributed by atoms with Gasteiger partial charge >= 0.3 is 0 Å². The van der Waals surface area contributed by atoms with Crippen LogP contribution in [0.4, 0.5) is 4.39 Å². The zero-order chi connectivity index (χ0) is 13.2. The maximum Gasteiger partial charge on any atom is 0.141 e. The average Bonchev–Trinajstić information content (AvgIpc) is 2.47. The number of fused-ring (bicyclic) bond motifs is 1. The molecule has 0 fully saturated rings. The van der Waals surface area contributed by atoms with Gasteiger partial charge in [-0.15, -0.1) is 0 Å². The Morgan fingerprint density at radius 2 is 1.95 bits per heavy atom. The van der Waals surface area contributed by atoms with Crippen LogP contribution in [0.1, 0.15) is 17.4 Å². The van der Waals surface area contributed by atoms with Gasteiger partial charge < -0.3 is 5.11 Å². The fourth-order valence-corrected chi connectivity index (χ4v) is 1.98.